The molecule has 0 atom stereocenters. The number of methoxy groups -OCH3 is 2. The van der Waals surface area contributed by atoms with Crippen LogP contribution in [0.2, 0.25) is 0 Å². The molecule has 0 spiro atoms. The van der Waals surface area contributed by atoms with Crippen LogP contribution in [-0.4, -0.2) is 42.0 Å². The number of carbonyl (C=O) groups is 1. The maximum Gasteiger partial charge on any atom is 0.262 e. The van der Waals surface area contributed by atoms with Gasteiger partial charge in [0.15, 0.2) is 5.16 Å². The number of nitrogens with zero attached hydrogens (tertiary/aromatic N) is 2. The molecule has 7 nitrogen and oxygen atoms in total. The second kappa shape index (κ2) is 10.1. The molecule has 0 fully saturated rings. The van der Waals surface area contributed by atoms with Gasteiger partial charge in [-0.25, -0.2) is 4.98 Å². The van der Waals surface area contributed by atoms with Gasteiger partial charge in [-0.2, -0.15) is 0 Å². The first-order valence-corrected chi connectivity index (χ1v) is 10.1. The summed E-state index contributed by atoms with van der Waals surface area (Å²) in [6.07, 6.45) is 0. The Morgan fingerprint density at radius 2 is 2.00 bits per heavy atom. The normalized spacial score (nSPS) is 10.8. The van der Waals surface area contributed by atoms with Crippen LogP contribution in [0.5, 0.6) is 5.75 Å². The molecule has 0 saturated heterocycles. The SMILES string of the molecule is COCCn1c(SCC(=O)NCc2cccc(OC)c2)nc2ccccc2c1=O. The van der Waals surface area contributed by atoms with E-state index in [1.54, 1.807) is 30.9 Å². The minimum atomic E-state index is -0.140. The van der Waals surface area contributed by atoms with Crippen molar-refractivity contribution in [1.82, 2.24) is 14.9 Å². The zero-order valence-corrected chi connectivity index (χ0v) is 17.2. The lowest BCUT2D eigenvalue weighted by molar-refractivity contribution is -0.118. The zero-order chi connectivity index (χ0) is 20.6. The smallest absolute Gasteiger partial charge is 0.262 e. The molecule has 0 radical (unpaired) electrons. The van der Waals surface area contributed by atoms with E-state index in [4.69, 9.17) is 9.47 Å². The Morgan fingerprint density at radius 1 is 1.17 bits per heavy atom. The van der Waals surface area contributed by atoms with Gasteiger partial charge in [-0.3, -0.25) is 14.2 Å². The maximum absolute atomic E-state index is 12.8. The maximum atomic E-state index is 12.8. The monoisotopic (exact) mass is 413 g/mol. The fourth-order valence-electron chi connectivity index (χ4n) is 2.80. The van der Waals surface area contributed by atoms with Crippen molar-refractivity contribution in [3.63, 3.8) is 0 Å². The zero-order valence-electron chi connectivity index (χ0n) is 16.4. The van der Waals surface area contributed by atoms with E-state index in [1.165, 1.54) is 11.8 Å². The van der Waals surface area contributed by atoms with Crippen LogP contribution in [0.4, 0.5) is 0 Å². The molecule has 0 aliphatic carbocycles. The number of carbonyl (C=O) groups excluding carboxylic acids is 1. The predicted molar refractivity (Wildman–Crippen MR) is 113 cm³/mol. The van der Waals surface area contributed by atoms with Crippen LogP contribution in [-0.2, 0) is 22.6 Å². The fraction of sp³-hybridized carbons (Fsp3) is 0.286. The van der Waals surface area contributed by atoms with E-state index in [-0.39, 0.29) is 17.2 Å². The van der Waals surface area contributed by atoms with Gasteiger partial charge in [-0.15, -0.1) is 0 Å². The highest BCUT2D eigenvalue weighted by Gasteiger charge is 2.13. The van der Waals surface area contributed by atoms with Crippen molar-refractivity contribution in [2.24, 2.45) is 0 Å². The number of amides is 1. The van der Waals surface area contributed by atoms with Gasteiger partial charge in [0.2, 0.25) is 5.91 Å². The van der Waals surface area contributed by atoms with Crippen LogP contribution in [0.3, 0.4) is 0 Å². The molecule has 1 amide bonds. The number of aromatic nitrogens is 2. The number of thioether (sulfide) groups is 1. The summed E-state index contributed by atoms with van der Waals surface area (Å²) >= 11 is 1.24. The Hall–Kier alpha value is -2.84. The van der Waals surface area contributed by atoms with E-state index in [2.05, 4.69) is 10.3 Å². The van der Waals surface area contributed by atoms with Crippen LogP contribution in [0.1, 0.15) is 5.56 Å². The van der Waals surface area contributed by atoms with E-state index in [0.29, 0.717) is 35.8 Å². The van der Waals surface area contributed by atoms with Crippen LogP contribution >= 0.6 is 11.8 Å². The third-order valence-electron chi connectivity index (χ3n) is 4.30. The summed E-state index contributed by atoms with van der Waals surface area (Å²) in [5, 5.41) is 3.93. The lowest BCUT2D eigenvalue weighted by Gasteiger charge is -2.13. The lowest BCUT2D eigenvalue weighted by atomic mass is 10.2. The summed E-state index contributed by atoms with van der Waals surface area (Å²) in [5.74, 6) is 0.758. The molecule has 29 heavy (non-hydrogen) atoms. The molecule has 3 aromatic rings. The van der Waals surface area contributed by atoms with E-state index < -0.39 is 0 Å². The Balaban J connectivity index is 1.70. The summed E-state index contributed by atoms with van der Waals surface area (Å²) in [6.45, 7) is 1.16. The Kier molecular flexibility index (Phi) is 7.26. The van der Waals surface area contributed by atoms with Crippen molar-refractivity contribution in [3.05, 3.63) is 64.4 Å². The molecule has 1 aromatic heterocycles. The highest BCUT2D eigenvalue weighted by Crippen LogP contribution is 2.18. The van der Waals surface area contributed by atoms with Crippen LogP contribution in [0.25, 0.3) is 10.9 Å². The number of para-hydroxylation sites is 1. The van der Waals surface area contributed by atoms with Gasteiger partial charge in [-0.1, -0.05) is 36.0 Å². The van der Waals surface area contributed by atoms with Crippen molar-refractivity contribution in [2.75, 3.05) is 26.6 Å². The number of ether oxygens (including phenoxy) is 2. The van der Waals surface area contributed by atoms with Gasteiger partial charge >= 0.3 is 0 Å². The molecule has 1 heterocycles. The topological polar surface area (TPSA) is 82.4 Å². The van der Waals surface area contributed by atoms with Gasteiger partial charge in [0.25, 0.3) is 5.56 Å². The second-order valence-electron chi connectivity index (χ2n) is 6.28. The van der Waals surface area contributed by atoms with Crippen molar-refractivity contribution >= 4 is 28.6 Å². The molecule has 0 unspecified atom stereocenters. The molecule has 0 bridgehead atoms. The highest BCUT2D eigenvalue weighted by molar-refractivity contribution is 7.99. The quantitative estimate of drug-likeness (QED) is 0.429. The molecular formula is C21H23N3O4S. The van der Waals surface area contributed by atoms with Crippen LogP contribution in [0, 0.1) is 0 Å². The number of fused-ring (bicyclic) bond motifs is 1. The Morgan fingerprint density at radius 3 is 2.79 bits per heavy atom. The number of hydrogen-bond acceptors (Lipinski definition) is 6. The number of rotatable bonds is 9. The van der Waals surface area contributed by atoms with Crippen molar-refractivity contribution in [3.8, 4) is 5.75 Å². The van der Waals surface area contributed by atoms with Gasteiger partial charge in [0.1, 0.15) is 5.75 Å². The molecule has 8 heteroatoms. The third-order valence-corrected chi connectivity index (χ3v) is 5.28. The molecule has 2 aromatic carbocycles. The summed E-state index contributed by atoms with van der Waals surface area (Å²) in [7, 11) is 3.19. The average Bonchev–Trinajstić information content (AvgIpc) is 2.76. The van der Waals surface area contributed by atoms with Gasteiger partial charge in [-0.05, 0) is 29.8 Å². The Labute approximate surface area is 173 Å². The minimum Gasteiger partial charge on any atom is -0.497 e. The van der Waals surface area contributed by atoms with Crippen LogP contribution in [0.15, 0.2) is 58.5 Å². The molecule has 0 aliphatic rings. The number of nitrogens with one attached hydrogen (secondary N) is 1. The highest BCUT2D eigenvalue weighted by atomic mass is 32.2. The first-order chi connectivity index (χ1) is 14.1. The lowest BCUT2D eigenvalue weighted by Crippen LogP contribution is -2.27. The second-order valence-corrected chi connectivity index (χ2v) is 7.22. The first-order valence-electron chi connectivity index (χ1n) is 9.13. The Bertz CT molecular complexity index is 1050. The largest absolute Gasteiger partial charge is 0.497 e. The summed E-state index contributed by atoms with van der Waals surface area (Å²) in [6, 6.07) is 14.7. The van der Waals surface area contributed by atoms with E-state index >= 15 is 0 Å². The summed E-state index contributed by atoms with van der Waals surface area (Å²) in [4.78, 5) is 29.7. The molecule has 3 rings (SSSR count). The predicted octanol–water partition coefficient (Wildman–Crippen LogP) is 2.46. The minimum absolute atomic E-state index is 0.132. The number of hydrogen-bond donors (Lipinski definition) is 1. The molecule has 152 valence electrons. The van der Waals surface area contributed by atoms with Crippen molar-refractivity contribution in [1.29, 1.82) is 0 Å². The molecule has 1 N–H and O–H groups in total. The third kappa shape index (κ3) is 5.36. The first kappa shape index (κ1) is 20.9. The van der Waals surface area contributed by atoms with Crippen molar-refractivity contribution in [2.45, 2.75) is 18.2 Å². The standard InChI is InChI=1S/C21H23N3O4S/c1-27-11-10-24-20(26)17-8-3-4-9-18(17)23-21(24)29-14-19(25)22-13-15-6-5-7-16(12-15)28-2/h3-9,12H,10-11,13-14H2,1-2H3,(H,22,25). The van der Waals surface area contributed by atoms with Gasteiger partial charge < -0.3 is 14.8 Å². The van der Waals surface area contributed by atoms with E-state index in [0.717, 1.165) is 11.3 Å². The van der Waals surface area contributed by atoms with E-state index in [1.807, 2.05) is 36.4 Å². The summed E-state index contributed by atoms with van der Waals surface area (Å²) < 4.78 is 11.9. The van der Waals surface area contributed by atoms with Gasteiger partial charge in [0.05, 0.1) is 36.9 Å². The number of benzene rings is 2. The molecular weight excluding hydrogens is 390 g/mol. The van der Waals surface area contributed by atoms with Crippen LogP contribution < -0.4 is 15.6 Å². The fourth-order valence-corrected chi connectivity index (χ4v) is 3.66. The van der Waals surface area contributed by atoms with Crippen molar-refractivity contribution < 1.29 is 14.3 Å². The molecule has 0 aliphatic heterocycles. The summed E-state index contributed by atoms with van der Waals surface area (Å²) in [5.41, 5.74) is 1.43. The van der Waals surface area contributed by atoms with Gasteiger partial charge in [0, 0.05) is 13.7 Å². The average molecular weight is 413 g/mol. The molecule has 0 saturated carbocycles. The van der Waals surface area contributed by atoms with E-state index in [9.17, 15) is 9.59 Å².